The van der Waals surface area contributed by atoms with Gasteiger partial charge in [0.15, 0.2) is 0 Å². The van der Waals surface area contributed by atoms with E-state index in [-0.39, 0.29) is 0 Å². The van der Waals surface area contributed by atoms with Crippen LogP contribution in [0.2, 0.25) is 0 Å². The Kier molecular flexibility index (Phi) is 8.19. The molecule has 0 amide bonds. The van der Waals surface area contributed by atoms with Crippen LogP contribution in [0.1, 0.15) is 19.8 Å². The molecule has 2 heteroatoms. The lowest BCUT2D eigenvalue weighted by Crippen LogP contribution is -2.17. The summed E-state index contributed by atoms with van der Waals surface area (Å²) in [7, 11) is 2.01. The third-order valence-corrected chi connectivity index (χ3v) is 2.24. The Balaban J connectivity index is 3.42. The van der Waals surface area contributed by atoms with Crippen LogP contribution in [-0.4, -0.2) is 19.8 Å². The van der Waals surface area contributed by atoms with Gasteiger partial charge in [0.05, 0.1) is 0 Å². The monoisotopic (exact) mass is 173 g/mol. The number of nitrogens with one attached hydrogen (secondary N) is 1. The van der Waals surface area contributed by atoms with Crippen molar-refractivity contribution in [3.63, 3.8) is 0 Å². The Hall–Kier alpha value is 0.0500. The van der Waals surface area contributed by atoms with E-state index in [1.54, 1.807) is 11.8 Å². The average Bonchev–Trinajstić information content (AvgIpc) is 2.03. The molecule has 0 aliphatic rings. The summed E-state index contributed by atoms with van der Waals surface area (Å²) in [6.07, 6.45) is 6.82. The normalized spacial score (nSPS) is 14.1. The highest BCUT2D eigenvalue weighted by Gasteiger charge is 2.00. The van der Waals surface area contributed by atoms with Gasteiger partial charge < -0.3 is 5.32 Å². The summed E-state index contributed by atoms with van der Waals surface area (Å²) in [6, 6.07) is 0. The lowest BCUT2D eigenvalue weighted by atomic mass is 10.0. The van der Waals surface area contributed by atoms with E-state index in [4.69, 9.17) is 0 Å². The van der Waals surface area contributed by atoms with Crippen LogP contribution in [0.3, 0.4) is 0 Å². The zero-order chi connectivity index (χ0) is 8.53. The number of rotatable bonds is 6. The molecule has 1 atom stereocenters. The smallest absolute Gasteiger partial charge is 0.00207 e. The summed E-state index contributed by atoms with van der Waals surface area (Å²) in [5, 5.41) is 5.37. The molecular formula is C9H19NS. The summed E-state index contributed by atoms with van der Waals surface area (Å²) in [6.45, 7) is 3.38. The minimum Gasteiger partial charge on any atom is -0.319 e. The zero-order valence-corrected chi connectivity index (χ0v) is 8.58. The van der Waals surface area contributed by atoms with E-state index in [1.165, 1.54) is 12.8 Å². The molecule has 0 saturated carbocycles. The van der Waals surface area contributed by atoms with Crippen LogP contribution in [-0.2, 0) is 0 Å². The number of allylic oxidation sites excluding steroid dienone is 1. The van der Waals surface area contributed by atoms with E-state index >= 15 is 0 Å². The largest absolute Gasteiger partial charge is 0.319 e. The van der Waals surface area contributed by atoms with Gasteiger partial charge in [-0.15, -0.1) is 11.8 Å². The summed E-state index contributed by atoms with van der Waals surface area (Å²) in [5.41, 5.74) is 0. The van der Waals surface area contributed by atoms with Gasteiger partial charge in [-0.25, -0.2) is 0 Å². The van der Waals surface area contributed by atoms with E-state index in [9.17, 15) is 0 Å². The highest BCUT2D eigenvalue weighted by molar-refractivity contribution is 8.01. The van der Waals surface area contributed by atoms with Crippen molar-refractivity contribution in [2.75, 3.05) is 19.8 Å². The van der Waals surface area contributed by atoms with E-state index in [1.807, 2.05) is 7.05 Å². The van der Waals surface area contributed by atoms with Crippen LogP contribution in [0.15, 0.2) is 11.5 Å². The maximum atomic E-state index is 3.20. The minimum absolute atomic E-state index is 0.809. The van der Waals surface area contributed by atoms with Gasteiger partial charge in [-0.3, -0.25) is 0 Å². The molecule has 0 rings (SSSR count). The van der Waals surface area contributed by atoms with Crippen LogP contribution < -0.4 is 5.32 Å². The Bertz CT molecular complexity index is 102. The van der Waals surface area contributed by atoms with Gasteiger partial charge in [0.2, 0.25) is 0 Å². The summed E-state index contributed by atoms with van der Waals surface area (Å²) in [4.78, 5) is 0. The van der Waals surface area contributed by atoms with Crippen LogP contribution >= 0.6 is 11.8 Å². The van der Waals surface area contributed by atoms with E-state index in [0.717, 1.165) is 12.5 Å². The second kappa shape index (κ2) is 8.15. The Morgan fingerprint density at radius 1 is 1.55 bits per heavy atom. The first kappa shape index (κ1) is 11.1. The molecule has 0 aliphatic heterocycles. The van der Waals surface area contributed by atoms with Gasteiger partial charge in [-0.1, -0.05) is 19.4 Å². The molecule has 0 aromatic carbocycles. The van der Waals surface area contributed by atoms with Gasteiger partial charge in [-0.05, 0) is 37.6 Å². The van der Waals surface area contributed by atoms with Gasteiger partial charge >= 0.3 is 0 Å². The van der Waals surface area contributed by atoms with Gasteiger partial charge in [0.25, 0.3) is 0 Å². The standard InChI is InChI=1S/C9H19NS/c1-4-9(8-10-2)6-5-7-11-3/h5,7,9-10H,4,6,8H2,1-3H3/b7-5+. The topological polar surface area (TPSA) is 12.0 Å². The molecule has 0 bridgehead atoms. The highest BCUT2D eigenvalue weighted by atomic mass is 32.2. The Morgan fingerprint density at radius 3 is 2.73 bits per heavy atom. The molecule has 0 saturated heterocycles. The Morgan fingerprint density at radius 2 is 2.27 bits per heavy atom. The summed E-state index contributed by atoms with van der Waals surface area (Å²) < 4.78 is 0. The van der Waals surface area contributed by atoms with Crippen molar-refractivity contribution >= 4 is 11.8 Å². The van der Waals surface area contributed by atoms with Gasteiger partial charge in [0, 0.05) is 0 Å². The van der Waals surface area contributed by atoms with Crippen molar-refractivity contribution < 1.29 is 0 Å². The third kappa shape index (κ3) is 6.45. The average molecular weight is 173 g/mol. The Labute approximate surface area is 74.6 Å². The molecule has 0 radical (unpaired) electrons. The van der Waals surface area contributed by atoms with Crippen molar-refractivity contribution in [2.45, 2.75) is 19.8 Å². The predicted molar refractivity (Wildman–Crippen MR) is 55.0 cm³/mol. The molecule has 1 unspecified atom stereocenters. The van der Waals surface area contributed by atoms with Gasteiger partial charge in [0.1, 0.15) is 0 Å². The van der Waals surface area contributed by atoms with Gasteiger partial charge in [-0.2, -0.15) is 0 Å². The van der Waals surface area contributed by atoms with E-state index < -0.39 is 0 Å². The first-order valence-corrected chi connectivity index (χ1v) is 5.46. The molecule has 1 nitrogen and oxygen atoms in total. The van der Waals surface area contributed by atoms with Crippen LogP contribution in [0, 0.1) is 5.92 Å². The quantitative estimate of drug-likeness (QED) is 0.662. The summed E-state index contributed by atoms with van der Waals surface area (Å²) in [5.74, 6) is 0.809. The van der Waals surface area contributed by atoms with Crippen LogP contribution in [0.25, 0.3) is 0 Å². The lowest BCUT2D eigenvalue weighted by molar-refractivity contribution is 0.489. The first-order chi connectivity index (χ1) is 5.35. The minimum atomic E-state index is 0.809. The molecule has 0 heterocycles. The number of hydrogen-bond acceptors (Lipinski definition) is 2. The molecule has 0 aromatic rings. The van der Waals surface area contributed by atoms with Crippen molar-refractivity contribution in [1.29, 1.82) is 0 Å². The molecule has 11 heavy (non-hydrogen) atoms. The molecular weight excluding hydrogens is 154 g/mol. The van der Waals surface area contributed by atoms with Crippen molar-refractivity contribution in [2.24, 2.45) is 5.92 Å². The van der Waals surface area contributed by atoms with Crippen molar-refractivity contribution in [1.82, 2.24) is 5.32 Å². The maximum Gasteiger partial charge on any atom is -0.00207 e. The second-order valence-electron chi connectivity index (χ2n) is 2.68. The third-order valence-electron chi connectivity index (χ3n) is 1.77. The predicted octanol–water partition coefficient (Wildman–Crippen LogP) is 2.50. The SMILES string of the molecule is CCC(C/C=C/SC)CNC. The van der Waals surface area contributed by atoms with Crippen LogP contribution in [0.4, 0.5) is 0 Å². The molecule has 0 fully saturated rings. The van der Waals surface area contributed by atoms with Crippen molar-refractivity contribution in [3.8, 4) is 0 Å². The molecule has 66 valence electrons. The molecule has 1 N–H and O–H groups in total. The second-order valence-corrected chi connectivity index (χ2v) is 3.42. The molecule has 0 spiro atoms. The fourth-order valence-corrected chi connectivity index (χ4v) is 1.33. The van der Waals surface area contributed by atoms with E-state index in [2.05, 4.69) is 30.0 Å². The fraction of sp³-hybridized carbons (Fsp3) is 0.778. The van der Waals surface area contributed by atoms with Crippen LogP contribution in [0.5, 0.6) is 0 Å². The summed E-state index contributed by atoms with van der Waals surface area (Å²) >= 11 is 1.77. The first-order valence-electron chi connectivity index (χ1n) is 4.17. The lowest BCUT2D eigenvalue weighted by Gasteiger charge is -2.10. The molecule has 0 aliphatic carbocycles. The fourth-order valence-electron chi connectivity index (χ4n) is 1.03. The number of hydrogen-bond donors (Lipinski definition) is 1. The molecule has 0 aromatic heterocycles. The zero-order valence-electron chi connectivity index (χ0n) is 7.76. The van der Waals surface area contributed by atoms with Crippen molar-refractivity contribution in [3.05, 3.63) is 11.5 Å². The highest BCUT2D eigenvalue weighted by Crippen LogP contribution is 2.08. The number of thioether (sulfide) groups is 1. The van der Waals surface area contributed by atoms with E-state index in [0.29, 0.717) is 0 Å². The maximum absolute atomic E-state index is 3.20.